The second-order valence-electron chi connectivity index (χ2n) is 8.10. The summed E-state index contributed by atoms with van der Waals surface area (Å²) in [4.78, 5) is 14.6. The van der Waals surface area contributed by atoms with Crippen molar-refractivity contribution in [1.29, 1.82) is 0 Å². The predicted molar refractivity (Wildman–Crippen MR) is 79.3 cm³/mol. The quantitative estimate of drug-likeness (QED) is 0.783. The van der Waals surface area contributed by atoms with E-state index in [1.54, 1.807) is 0 Å². The van der Waals surface area contributed by atoms with Crippen LogP contribution >= 0.6 is 0 Å². The molecule has 5 aliphatic rings. The predicted octanol–water partition coefficient (Wildman–Crippen LogP) is 3.25. The van der Waals surface area contributed by atoms with Crippen LogP contribution < -0.4 is 5.32 Å². The molecule has 1 unspecified atom stereocenters. The third-order valence-corrected chi connectivity index (χ3v) is 6.46. The van der Waals surface area contributed by atoms with Gasteiger partial charge in [-0.15, -0.1) is 0 Å². The third kappa shape index (κ3) is 2.23. The lowest BCUT2D eigenvalue weighted by molar-refractivity contribution is -0.0114. The minimum Gasteiger partial charge on any atom is -0.335 e. The van der Waals surface area contributed by atoms with Crippen molar-refractivity contribution in [2.45, 2.75) is 57.9 Å². The van der Waals surface area contributed by atoms with E-state index in [9.17, 15) is 4.79 Å². The molecular formula is C17H28N2O. The van der Waals surface area contributed by atoms with Gasteiger partial charge in [-0.3, -0.25) is 0 Å². The molecule has 112 valence electrons. The lowest BCUT2D eigenvalue weighted by Gasteiger charge is -2.54. The minimum absolute atomic E-state index is 0.231. The second-order valence-corrected chi connectivity index (χ2v) is 8.10. The van der Waals surface area contributed by atoms with Crippen molar-refractivity contribution in [2.24, 2.45) is 29.6 Å². The summed E-state index contributed by atoms with van der Waals surface area (Å²) in [5.74, 6) is 4.23. The Hall–Kier alpha value is -0.730. The van der Waals surface area contributed by atoms with E-state index in [4.69, 9.17) is 0 Å². The molecule has 4 bridgehead atoms. The number of likely N-dealkylation sites (tertiary alicyclic amines) is 1. The molecule has 1 aliphatic heterocycles. The van der Waals surface area contributed by atoms with Crippen molar-refractivity contribution in [2.75, 3.05) is 13.1 Å². The second kappa shape index (κ2) is 4.92. The van der Waals surface area contributed by atoms with Crippen LogP contribution in [0.3, 0.4) is 0 Å². The largest absolute Gasteiger partial charge is 0.335 e. The zero-order valence-corrected chi connectivity index (χ0v) is 12.7. The molecule has 0 aromatic carbocycles. The van der Waals surface area contributed by atoms with Crippen molar-refractivity contribution >= 4 is 6.03 Å². The molecule has 0 aromatic heterocycles. The van der Waals surface area contributed by atoms with Crippen molar-refractivity contribution in [3.05, 3.63) is 0 Å². The van der Waals surface area contributed by atoms with Gasteiger partial charge in [0.05, 0.1) is 0 Å². The zero-order valence-electron chi connectivity index (χ0n) is 12.7. The molecule has 5 rings (SSSR count). The molecule has 0 aromatic rings. The Morgan fingerprint density at radius 2 is 1.70 bits per heavy atom. The van der Waals surface area contributed by atoms with Gasteiger partial charge in [-0.05, 0) is 74.5 Å². The average molecular weight is 276 g/mol. The van der Waals surface area contributed by atoms with Crippen LogP contribution in [0.5, 0.6) is 0 Å². The van der Waals surface area contributed by atoms with Crippen LogP contribution in [0.1, 0.15) is 51.9 Å². The first-order chi connectivity index (χ1) is 9.69. The topological polar surface area (TPSA) is 32.3 Å². The number of nitrogens with one attached hydrogen (secondary N) is 1. The van der Waals surface area contributed by atoms with Crippen molar-refractivity contribution in [3.63, 3.8) is 0 Å². The van der Waals surface area contributed by atoms with Crippen LogP contribution in [-0.2, 0) is 0 Å². The van der Waals surface area contributed by atoms with Crippen LogP contribution in [0.4, 0.5) is 4.79 Å². The van der Waals surface area contributed by atoms with Gasteiger partial charge in [0.2, 0.25) is 0 Å². The Kier molecular flexibility index (Phi) is 3.19. The molecule has 0 spiro atoms. The number of amides is 2. The first kappa shape index (κ1) is 13.0. The summed E-state index contributed by atoms with van der Waals surface area (Å²) >= 11 is 0. The van der Waals surface area contributed by atoms with E-state index in [0.29, 0.717) is 12.0 Å². The van der Waals surface area contributed by atoms with Gasteiger partial charge in [0, 0.05) is 19.1 Å². The number of nitrogens with zero attached hydrogens (tertiary/aromatic N) is 1. The highest BCUT2D eigenvalue weighted by Crippen LogP contribution is 2.53. The number of piperidine rings is 1. The summed E-state index contributed by atoms with van der Waals surface area (Å²) in [6, 6.07) is 0.724. The van der Waals surface area contributed by atoms with Gasteiger partial charge >= 0.3 is 6.03 Å². The molecular weight excluding hydrogens is 248 g/mol. The summed E-state index contributed by atoms with van der Waals surface area (Å²) in [5.41, 5.74) is 0. The van der Waals surface area contributed by atoms with Crippen LogP contribution in [0.15, 0.2) is 0 Å². The zero-order chi connectivity index (χ0) is 13.7. The fourth-order valence-corrected chi connectivity index (χ4v) is 5.77. The molecule has 2 amide bonds. The van der Waals surface area contributed by atoms with Crippen LogP contribution in [0, 0.1) is 29.6 Å². The molecule has 1 atom stereocenters. The lowest BCUT2D eigenvalue weighted by Crippen LogP contribution is -2.58. The van der Waals surface area contributed by atoms with E-state index in [-0.39, 0.29) is 6.03 Å². The highest BCUT2D eigenvalue weighted by molar-refractivity contribution is 5.74. The first-order valence-electron chi connectivity index (χ1n) is 8.74. The number of hydrogen-bond acceptors (Lipinski definition) is 1. The Labute approximate surface area is 122 Å². The minimum atomic E-state index is 0.231. The monoisotopic (exact) mass is 276 g/mol. The average Bonchev–Trinajstić information content (AvgIpc) is 2.42. The van der Waals surface area contributed by atoms with Gasteiger partial charge < -0.3 is 10.2 Å². The van der Waals surface area contributed by atoms with Gasteiger partial charge in [0.25, 0.3) is 0 Å². The summed E-state index contributed by atoms with van der Waals surface area (Å²) in [6.45, 7) is 4.19. The Balaban J connectivity index is 1.40. The molecule has 1 N–H and O–H groups in total. The molecule has 1 saturated heterocycles. The van der Waals surface area contributed by atoms with E-state index < -0.39 is 0 Å². The highest BCUT2D eigenvalue weighted by Gasteiger charge is 2.48. The molecule has 0 radical (unpaired) electrons. The molecule has 5 fully saturated rings. The van der Waals surface area contributed by atoms with E-state index in [0.717, 1.165) is 36.8 Å². The fourth-order valence-electron chi connectivity index (χ4n) is 5.77. The molecule has 4 aliphatic carbocycles. The van der Waals surface area contributed by atoms with E-state index in [2.05, 4.69) is 17.1 Å². The Bertz CT molecular complexity index is 366. The van der Waals surface area contributed by atoms with Crippen LogP contribution in [-0.4, -0.2) is 30.1 Å². The van der Waals surface area contributed by atoms with Gasteiger partial charge in [-0.2, -0.15) is 0 Å². The number of hydrogen-bond donors (Lipinski definition) is 1. The van der Waals surface area contributed by atoms with Crippen LogP contribution in [0.25, 0.3) is 0 Å². The Morgan fingerprint density at radius 3 is 2.30 bits per heavy atom. The summed E-state index contributed by atoms with van der Waals surface area (Å²) in [5, 5.41) is 3.44. The standard InChI is InChI=1S/C17H28N2O/c1-11-3-2-4-19(10-11)17(20)18-16-14-6-12-5-13(8-14)9-15(16)7-12/h11-16H,2-10H2,1H3,(H,18,20). The highest BCUT2D eigenvalue weighted by atomic mass is 16.2. The molecule has 3 heteroatoms. The van der Waals surface area contributed by atoms with Crippen molar-refractivity contribution in [1.82, 2.24) is 10.2 Å². The van der Waals surface area contributed by atoms with Gasteiger partial charge in [0.15, 0.2) is 0 Å². The fraction of sp³-hybridized carbons (Fsp3) is 0.941. The maximum atomic E-state index is 12.6. The lowest BCUT2D eigenvalue weighted by atomic mass is 9.54. The molecule has 20 heavy (non-hydrogen) atoms. The number of carbonyl (C=O) groups excluding carboxylic acids is 1. The van der Waals surface area contributed by atoms with Gasteiger partial charge in [-0.1, -0.05) is 6.92 Å². The van der Waals surface area contributed by atoms with Crippen molar-refractivity contribution < 1.29 is 4.79 Å². The maximum absolute atomic E-state index is 12.6. The maximum Gasteiger partial charge on any atom is 0.317 e. The first-order valence-corrected chi connectivity index (χ1v) is 8.74. The van der Waals surface area contributed by atoms with E-state index >= 15 is 0 Å². The third-order valence-electron chi connectivity index (χ3n) is 6.46. The van der Waals surface area contributed by atoms with Gasteiger partial charge in [-0.25, -0.2) is 4.79 Å². The van der Waals surface area contributed by atoms with Crippen LogP contribution in [0.2, 0.25) is 0 Å². The SMILES string of the molecule is CC1CCCN(C(=O)NC2C3CC4CC(C3)CC2C4)C1. The van der Waals surface area contributed by atoms with Crippen molar-refractivity contribution in [3.8, 4) is 0 Å². The molecule has 4 saturated carbocycles. The summed E-state index contributed by atoms with van der Waals surface area (Å²) in [7, 11) is 0. The van der Waals surface area contributed by atoms with Gasteiger partial charge in [0.1, 0.15) is 0 Å². The smallest absolute Gasteiger partial charge is 0.317 e. The molecule has 1 heterocycles. The van der Waals surface area contributed by atoms with E-state index in [1.807, 2.05) is 0 Å². The summed E-state index contributed by atoms with van der Waals surface area (Å²) in [6.07, 6.45) is 9.47. The number of carbonyl (C=O) groups is 1. The number of urea groups is 1. The summed E-state index contributed by atoms with van der Waals surface area (Å²) < 4.78 is 0. The normalized spacial score (nSPS) is 46.5. The number of rotatable bonds is 1. The Morgan fingerprint density at radius 1 is 1.05 bits per heavy atom. The molecule has 3 nitrogen and oxygen atoms in total. The van der Waals surface area contributed by atoms with E-state index in [1.165, 1.54) is 44.9 Å².